The molecule has 1 N–H and O–H groups in total. The second-order valence-electron chi connectivity index (χ2n) is 5.20. The highest BCUT2D eigenvalue weighted by Gasteiger charge is 2.32. The lowest BCUT2D eigenvalue weighted by Crippen LogP contribution is -2.21. The van der Waals surface area contributed by atoms with E-state index in [0.717, 1.165) is 17.3 Å². The third kappa shape index (κ3) is 2.90. The van der Waals surface area contributed by atoms with Crippen LogP contribution in [0.25, 0.3) is 10.4 Å². The molecule has 1 unspecified atom stereocenters. The van der Waals surface area contributed by atoms with Gasteiger partial charge in [0.05, 0.1) is 0 Å². The lowest BCUT2D eigenvalue weighted by molar-refractivity contribution is 0.504. The first-order valence-corrected chi connectivity index (χ1v) is 8.17. The number of hydrogen-bond acceptors (Lipinski definition) is 2. The quantitative estimate of drug-likeness (QED) is 0.793. The Morgan fingerprint density at radius 2 is 2.15 bits per heavy atom. The molecule has 0 amide bonds. The fraction of sp³-hybridized carbons (Fsp3) is 0.375. The first-order valence-electron chi connectivity index (χ1n) is 6.97. The molecular formula is C16H17ClFNS. The van der Waals surface area contributed by atoms with Gasteiger partial charge in [-0.05, 0) is 55.6 Å². The normalized spacial score (nSPS) is 16.4. The van der Waals surface area contributed by atoms with Gasteiger partial charge in [0.1, 0.15) is 5.82 Å². The van der Waals surface area contributed by atoms with E-state index >= 15 is 0 Å². The highest BCUT2D eigenvalue weighted by Crippen LogP contribution is 2.44. The molecule has 0 spiro atoms. The summed E-state index contributed by atoms with van der Waals surface area (Å²) in [5.41, 5.74) is 0.597. The molecule has 20 heavy (non-hydrogen) atoms. The monoisotopic (exact) mass is 309 g/mol. The highest BCUT2D eigenvalue weighted by atomic mass is 35.5. The molecule has 0 bridgehead atoms. The van der Waals surface area contributed by atoms with Crippen molar-refractivity contribution in [2.75, 3.05) is 6.54 Å². The summed E-state index contributed by atoms with van der Waals surface area (Å²) >= 11 is 7.64. The van der Waals surface area contributed by atoms with Gasteiger partial charge in [0.2, 0.25) is 0 Å². The Morgan fingerprint density at radius 3 is 2.85 bits per heavy atom. The Balaban J connectivity index is 1.90. The summed E-state index contributed by atoms with van der Waals surface area (Å²) in [6, 6.07) is 9.25. The Bertz CT molecular complexity index is 606. The van der Waals surface area contributed by atoms with Gasteiger partial charge in [-0.1, -0.05) is 18.5 Å². The van der Waals surface area contributed by atoms with Crippen molar-refractivity contribution in [3.05, 3.63) is 46.0 Å². The molecule has 2 aromatic rings. The van der Waals surface area contributed by atoms with Crippen LogP contribution in [0.15, 0.2) is 30.3 Å². The van der Waals surface area contributed by atoms with Crippen molar-refractivity contribution in [3.8, 4) is 10.4 Å². The summed E-state index contributed by atoms with van der Waals surface area (Å²) in [5.74, 6) is 0.528. The van der Waals surface area contributed by atoms with Crippen LogP contribution in [0.1, 0.15) is 30.7 Å². The van der Waals surface area contributed by atoms with Crippen LogP contribution in [0.4, 0.5) is 4.39 Å². The zero-order chi connectivity index (χ0) is 14.1. The molecule has 0 aliphatic heterocycles. The molecule has 1 aromatic carbocycles. The van der Waals surface area contributed by atoms with Gasteiger partial charge in [-0.25, -0.2) is 4.39 Å². The first-order chi connectivity index (χ1) is 9.69. The van der Waals surface area contributed by atoms with Crippen LogP contribution in [0.5, 0.6) is 0 Å². The van der Waals surface area contributed by atoms with E-state index < -0.39 is 0 Å². The van der Waals surface area contributed by atoms with Gasteiger partial charge in [-0.2, -0.15) is 0 Å². The van der Waals surface area contributed by atoms with E-state index in [1.165, 1.54) is 23.8 Å². The summed E-state index contributed by atoms with van der Waals surface area (Å²) in [7, 11) is 0. The summed E-state index contributed by atoms with van der Waals surface area (Å²) in [6.07, 6.45) is 2.58. The van der Waals surface area contributed by atoms with Crippen molar-refractivity contribution in [1.29, 1.82) is 0 Å². The van der Waals surface area contributed by atoms with Gasteiger partial charge in [0.15, 0.2) is 0 Å². The topological polar surface area (TPSA) is 12.0 Å². The lowest BCUT2D eigenvalue weighted by atomic mass is 10.1. The number of halogens is 2. The standard InChI is InChI=1S/C16H17ClFNS/c1-2-19-16(10-3-4-10)15-8-7-14(20-15)12-9-11(17)5-6-13(12)18/h5-10,16,19H,2-4H2,1H3. The minimum absolute atomic E-state index is 0.214. The van der Waals surface area contributed by atoms with E-state index in [2.05, 4.69) is 18.3 Å². The predicted molar refractivity (Wildman–Crippen MR) is 83.9 cm³/mol. The van der Waals surface area contributed by atoms with Gasteiger partial charge >= 0.3 is 0 Å². The van der Waals surface area contributed by atoms with E-state index in [1.807, 2.05) is 6.07 Å². The summed E-state index contributed by atoms with van der Waals surface area (Å²) in [4.78, 5) is 2.24. The molecule has 3 rings (SSSR count). The zero-order valence-electron chi connectivity index (χ0n) is 11.3. The van der Waals surface area contributed by atoms with E-state index in [1.54, 1.807) is 23.5 Å². The largest absolute Gasteiger partial charge is 0.309 e. The predicted octanol–water partition coefficient (Wildman–Crippen LogP) is 5.27. The van der Waals surface area contributed by atoms with Crippen LogP contribution in [0.2, 0.25) is 5.02 Å². The first kappa shape index (κ1) is 14.1. The van der Waals surface area contributed by atoms with Crippen molar-refractivity contribution < 1.29 is 4.39 Å². The number of nitrogens with one attached hydrogen (secondary N) is 1. The van der Waals surface area contributed by atoms with Crippen LogP contribution in [0.3, 0.4) is 0 Å². The molecule has 1 fully saturated rings. The van der Waals surface area contributed by atoms with Gasteiger partial charge in [0.25, 0.3) is 0 Å². The van der Waals surface area contributed by atoms with Gasteiger partial charge in [0, 0.05) is 26.4 Å². The van der Waals surface area contributed by atoms with Gasteiger partial charge < -0.3 is 5.32 Å². The molecule has 1 aliphatic carbocycles. The third-order valence-corrected chi connectivity index (χ3v) is 5.08. The Labute approximate surface area is 127 Å². The third-order valence-electron chi connectivity index (χ3n) is 3.64. The van der Waals surface area contributed by atoms with E-state index in [4.69, 9.17) is 11.6 Å². The van der Waals surface area contributed by atoms with Crippen LogP contribution in [-0.2, 0) is 0 Å². The maximum Gasteiger partial charge on any atom is 0.131 e. The SMILES string of the molecule is CCNC(c1ccc(-c2cc(Cl)ccc2F)s1)C1CC1. The van der Waals surface area contributed by atoms with E-state index in [9.17, 15) is 4.39 Å². The molecule has 0 radical (unpaired) electrons. The van der Waals surface area contributed by atoms with Crippen molar-refractivity contribution in [3.63, 3.8) is 0 Å². The van der Waals surface area contributed by atoms with Gasteiger partial charge in [-0.3, -0.25) is 0 Å². The summed E-state index contributed by atoms with van der Waals surface area (Å²) < 4.78 is 13.9. The van der Waals surface area contributed by atoms with Crippen molar-refractivity contribution in [2.24, 2.45) is 5.92 Å². The summed E-state index contributed by atoms with van der Waals surface area (Å²) in [6.45, 7) is 3.08. The number of benzene rings is 1. The van der Waals surface area contributed by atoms with Crippen molar-refractivity contribution in [1.82, 2.24) is 5.32 Å². The minimum atomic E-state index is -0.214. The average molecular weight is 310 g/mol. The Kier molecular flexibility index (Phi) is 4.11. The van der Waals surface area contributed by atoms with Crippen molar-refractivity contribution >= 4 is 22.9 Å². The molecule has 4 heteroatoms. The smallest absolute Gasteiger partial charge is 0.131 e. The second kappa shape index (κ2) is 5.84. The average Bonchev–Trinajstić information content (AvgIpc) is 3.16. The molecule has 1 atom stereocenters. The van der Waals surface area contributed by atoms with Crippen molar-refractivity contribution in [2.45, 2.75) is 25.8 Å². The van der Waals surface area contributed by atoms with Crippen LogP contribution in [0, 0.1) is 11.7 Å². The number of thiophene rings is 1. The van der Waals surface area contributed by atoms with Gasteiger partial charge in [-0.15, -0.1) is 11.3 Å². The maximum absolute atomic E-state index is 13.9. The summed E-state index contributed by atoms with van der Waals surface area (Å²) in [5, 5.41) is 4.11. The zero-order valence-corrected chi connectivity index (χ0v) is 12.9. The highest BCUT2D eigenvalue weighted by molar-refractivity contribution is 7.15. The van der Waals surface area contributed by atoms with E-state index in [0.29, 0.717) is 16.6 Å². The molecular weight excluding hydrogens is 293 g/mol. The lowest BCUT2D eigenvalue weighted by Gasteiger charge is -2.15. The van der Waals surface area contributed by atoms with Crippen LogP contribution >= 0.6 is 22.9 Å². The Hall–Kier alpha value is -0.900. The molecule has 1 aliphatic rings. The molecule has 106 valence electrons. The number of hydrogen-bond donors (Lipinski definition) is 1. The Morgan fingerprint density at radius 1 is 1.35 bits per heavy atom. The second-order valence-corrected chi connectivity index (χ2v) is 6.75. The fourth-order valence-corrected chi connectivity index (χ4v) is 3.87. The maximum atomic E-state index is 13.9. The van der Waals surface area contributed by atoms with E-state index in [-0.39, 0.29) is 5.82 Å². The molecule has 1 aromatic heterocycles. The van der Waals surface area contributed by atoms with Crippen LogP contribution < -0.4 is 5.32 Å². The molecule has 1 heterocycles. The fourth-order valence-electron chi connectivity index (χ4n) is 2.50. The molecule has 1 saturated carbocycles. The molecule has 1 nitrogen and oxygen atoms in total. The van der Waals surface area contributed by atoms with Crippen LogP contribution in [-0.4, -0.2) is 6.54 Å². The molecule has 0 saturated heterocycles. The minimum Gasteiger partial charge on any atom is -0.309 e. The number of rotatable bonds is 5.